The van der Waals surface area contributed by atoms with Crippen molar-refractivity contribution < 1.29 is 14.4 Å². The molecule has 2 aromatic rings. The molecule has 0 amide bonds. The smallest absolute Gasteiger partial charge is 0.264 e. The first kappa shape index (κ1) is 10.6. The first-order valence-corrected chi connectivity index (χ1v) is 4.75. The van der Waals surface area contributed by atoms with Crippen LogP contribution in [-0.2, 0) is 13.2 Å². The standard InChI is InChI=1S/C10H11N3O3/c1-7-12-10(16-13-7)6-15-9-3-2-8(5-14)11-4-9/h2-4,14H,5-6H2,1H3. The molecule has 1 N–H and O–H groups in total. The van der Waals surface area contributed by atoms with E-state index in [0.29, 0.717) is 23.2 Å². The molecule has 84 valence electrons. The van der Waals surface area contributed by atoms with Crippen molar-refractivity contribution >= 4 is 0 Å². The number of aliphatic hydroxyl groups excluding tert-OH is 1. The van der Waals surface area contributed by atoms with Gasteiger partial charge in [-0.1, -0.05) is 5.16 Å². The van der Waals surface area contributed by atoms with Crippen LogP contribution in [0.25, 0.3) is 0 Å². The van der Waals surface area contributed by atoms with Crippen LogP contribution in [0.1, 0.15) is 17.4 Å². The molecule has 0 fully saturated rings. The van der Waals surface area contributed by atoms with Crippen LogP contribution in [-0.4, -0.2) is 20.2 Å². The van der Waals surface area contributed by atoms with E-state index in [1.54, 1.807) is 19.1 Å². The van der Waals surface area contributed by atoms with Crippen molar-refractivity contribution in [3.05, 3.63) is 35.7 Å². The molecule has 16 heavy (non-hydrogen) atoms. The highest BCUT2D eigenvalue weighted by atomic mass is 16.5. The van der Waals surface area contributed by atoms with Crippen molar-refractivity contribution in [2.24, 2.45) is 0 Å². The van der Waals surface area contributed by atoms with Crippen molar-refractivity contribution in [1.29, 1.82) is 0 Å². The molecule has 0 aliphatic carbocycles. The summed E-state index contributed by atoms with van der Waals surface area (Å²) in [7, 11) is 0. The van der Waals surface area contributed by atoms with Gasteiger partial charge in [-0.3, -0.25) is 4.98 Å². The minimum Gasteiger partial charge on any atom is -0.482 e. The van der Waals surface area contributed by atoms with Crippen molar-refractivity contribution in [2.45, 2.75) is 20.1 Å². The molecule has 0 saturated carbocycles. The summed E-state index contributed by atoms with van der Waals surface area (Å²) in [5.74, 6) is 1.59. The number of aromatic nitrogens is 3. The average Bonchev–Trinajstić information content (AvgIpc) is 2.73. The van der Waals surface area contributed by atoms with Crippen LogP contribution < -0.4 is 4.74 Å². The average molecular weight is 221 g/mol. The van der Waals surface area contributed by atoms with Gasteiger partial charge in [-0.15, -0.1) is 0 Å². The predicted molar refractivity (Wildman–Crippen MR) is 53.5 cm³/mol. The zero-order valence-electron chi connectivity index (χ0n) is 8.75. The summed E-state index contributed by atoms with van der Waals surface area (Å²) < 4.78 is 10.2. The predicted octanol–water partition coefficient (Wildman–Crippen LogP) is 0.844. The summed E-state index contributed by atoms with van der Waals surface area (Å²) in [5.41, 5.74) is 0.598. The van der Waals surface area contributed by atoms with E-state index < -0.39 is 0 Å². The van der Waals surface area contributed by atoms with Gasteiger partial charge in [0.1, 0.15) is 5.75 Å². The topological polar surface area (TPSA) is 81.3 Å². The number of hydrogen-bond donors (Lipinski definition) is 1. The van der Waals surface area contributed by atoms with Gasteiger partial charge in [-0.25, -0.2) is 0 Å². The molecule has 2 aromatic heterocycles. The zero-order valence-corrected chi connectivity index (χ0v) is 8.75. The number of ether oxygens (including phenoxy) is 1. The Hall–Kier alpha value is -1.95. The molecule has 6 nitrogen and oxygen atoms in total. The number of hydrogen-bond acceptors (Lipinski definition) is 6. The number of nitrogens with zero attached hydrogens (tertiary/aromatic N) is 3. The maximum absolute atomic E-state index is 8.80. The normalized spacial score (nSPS) is 10.4. The molecule has 0 saturated heterocycles. The van der Waals surface area contributed by atoms with Gasteiger partial charge in [0, 0.05) is 0 Å². The fourth-order valence-corrected chi connectivity index (χ4v) is 1.13. The fourth-order valence-electron chi connectivity index (χ4n) is 1.13. The summed E-state index contributed by atoms with van der Waals surface area (Å²) in [6, 6.07) is 3.41. The third-order valence-corrected chi connectivity index (χ3v) is 1.89. The van der Waals surface area contributed by atoms with E-state index in [4.69, 9.17) is 14.4 Å². The zero-order chi connectivity index (χ0) is 11.4. The Balaban J connectivity index is 1.94. The molecule has 0 aliphatic rings. The second-order valence-electron chi connectivity index (χ2n) is 3.17. The van der Waals surface area contributed by atoms with Gasteiger partial charge in [-0.2, -0.15) is 4.98 Å². The molecule has 0 atom stereocenters. The minimum absolute atomic E-state index is 0.0802. The van der Waals surface area contributed by atoms with Crippen molar-refractivity contribution in [1.82, 2.24) is 15.1 Å². The lowest BCUT2D eigenvalue weighted by Crippen LogP contribution is -1.97. The summed E-state index contributed by atoms with van der Waals surface area (Å²) in [4.78, 5) is 7.97. The first-order chi connectivity index (χ1) is 7.78. The lowest BCUT2D eigenvalue weighted by atomic mass is 10.3. The Bertz CT molecular complexity index is 453. The lowest BCUT2D eigenvalue weighted by molar-refractivity contribution is 0.241. The van der Waals surface area contributed by atoms with Gasteiger partial charge >= 0.3 is 0 Å². The highest BCUT2D eigenvalue weighted by Gasteiger charge is 2.03. The first-order valence-electron chi connectivity index (χ1n) is 4.75. The van der Waals surface area contributed by atoms with Crippen LogP contribution in [0.3, 0.4) is 0 Å². The number of aryl methyl sites for hydroxylation is 1. The molecule has 2 heterocycles. The molecule has 0 spiro atoms. The van der Waals surface area contributed by atoms with Gasteiger partial charge < -0.3 is 14.4 Å². The molecule has 0 bridgehead atoms. The minimum atomic E-state index is -0.0802. The van der Waals surface area contributed by atoms with E-state index in [1.807, 2.05) is 0 Å². The molecule has 2 rings (SSSR count). The van der Waals surface area contributed by atoms with E-state index in [9.17, 15) is 0 Å². The van der Waals surface area contributed by atoms with E-state index in [0.717, 1.165) is 0 Å². The maximum atomic E-state index is 8.80. The summed E-state index contributed by atoms with van der Waals surface area (Å²) in [6.45, 7) is 1.87. The van der Waals surface area contributed by atoms with Crippen LogP contribution in [0.4, 0.5) is 0 Å². The Kier molecular flexibility index (Phi) is 3.11. The van der Waals surface area contributed by atoms with Gasteiger partial charge in [-0.05, 0) is 19.1 Å². The van der Waals surface area contributed by atoms with E-state index >= 15 is 0 Å². The van der Waals surface area contributed by atoms with Crippen molar-refractivity contribution in [3.8, 4) is 5.75 Å². The second-order valence-corrected chi connectivity index (χ2v) is 3.17. The number of rotatable bonds is 4. The van der Waals surface area contributed by atoms with Crippen LogP contribution >= 0.6 is 0 Å². The summed E-state index contributed by atoms with van der Waals surface area (Å²) in [6.07, 6.45) is 1.54. The second kappa shape index (κ2) is 4.71. The summed E-state index contributed by atoms with van der Waals surface area (Å²) in [5, 5.41) is 12.4. The van der Waals surface area contributed by atoms with Crippen LogP contribution in [0.5, 0.6) is 5.75 Å². The van der Waals surface area contributed by atoms with E-state index in [2.05, 4.69) is 15.1 Å². The molecule has 0 aliphatic heterocycles. The van der Waals surface area contributed by atoms with Crippen LogP contribution in [0.2, 0.25) is 0 Å². The van der Waals surface area contributed by atoms with Crippen LogP contribution in [0, 0.1) is 6.92 Å². The SMILES string of the molecule is Cc1noc(COc2ccc(CO)nc2)n1. The molecule has 0 radical (unpaired) electrons. The molecule has 0 unspecified atom stereocenters. The van der Waals surface area contributed by atoms with Crippen molar-refractivity contribution in [3.63, 3.8) is 0 Å². The largest absolute Gasteiger partial charge is 0.482 e. The Morgan fingerprint density at radius 3 is 2.88 bits per heavy atom. The molecule has 6 heteroatoms. The highest BCUT2D eigenvalue weighted by Crippen LogP contribution is 2.11. The molecular formula is C10H11N3O3. The van der Waals surface area contributed by atoms with Gasteiger partial charge in [0.25, 0.3) is 5.89 Å². The molecule has 0 aromatic carbocycles. The van der Waals surface area contributed by atoms with Gasteiger partial charge in [0.15, 0.2) is 12.4 Å². The third kappa shape index (κ3) is 2.54. The number of pyridine rings is 1. The Labute approximate surface area is 91.9 Å². The molecular weight excluding hydrogens is 210 g/mol. The van der Waals surface area contributed by atoms with Crippen LogP contribution in [0.15, 0.2) is 22.9 Å². The van der Waals surface area contributed by atoms with E-state index in [1.165, 1.54) is 6.20 Å². The Morgan fingerprint density at radius 2 is 2.31 bits per heavy atom. The van der Waals surface area contributed by atoms with E-state index in [-0.39, 0.29) is 13.2 Å². The quantitative estimate of drug-likeness (QED) is 0.824. The maximum Gasteiger partial charge on any atom is 0.264 e. The monoisotopic (exact) mass is 221 g/mol. The highest BCUT2D eigenvalue weighted by molar-refractivity contribution is 5.19. The lowest BCUT2D eigenvalue weighted by Gasteiger charge is -2.02. The van der Waals surface area contributed by atoms with Gasteiger partial charge in [0.05, 0.1) is 18.5 Å². The van der Waals surface area contributed by atoms with Crippen molar-refractivity contribution in [2.75, 3.05) is 0 Å². The fraction of sp³-hybridized carbons (Fsp3) is 0.300. The summed E-state index contributed by atoms with van der Waals surface area (Å²) >= 11 is 0. The Morgan fingerprint density at radius 1 is 1.44 bits per heavy atom. The third-order valence-electron chi connectivity index (χ3n) is 1.89. The van der Waals surface area contributed by atoms with Gasteiger partial charge in [0.2, 0.25) is 0 Å². The number of aliphatic hydroxyl groups is 1.